The van der Waals surface area contributed by atoms with Gasteiger partial charge in [0.15, 0.2) is 0 Å². The summed E-state index contributed by atoms with van der Waals surface area (Å²) in [4.78, 5) is 0. The van der Waals surface area contributed by atoms with Gasteiger partial charge < -0.3 is 29.7 Å². The van der Waals surface area contributed by atoms with Crippen LogP contribution in [-0.2, 0) is 0 Å². The SMILES string of the molecule is F[P-](F)(F)(F)(F)F.F[P-](F)(F)(F)(F)F.[CH3-].[CH3-].[CH3-].[CH3-].[U+2]. The van der Waals surface area contributed by atoms with E-state index in [-0.39, 0.29) is 60.8 Å². The van der Waals surface area contributed by atoms with Gasteiger partial charge in [-0.3, -0.25) is 0 Å². The average molecular weight is 588 g/mol. The van der Waals surface area contributed by atoms with Crippen LogP contribution in [0.15, 0.2) is 0 Å². The molecule has 0 fully saturated rings. The molecule has 0 saturated carbocycles. The fourth-order valence-corrected chi connectivity index (χ4v) is 0. The van der Waals surface area contributed by atoms with E-state index in [1.807, 2.05) is 0 Å². The Hall–Kier alpha value is 1.07. The van der Waals surface area contributed by atoms with Crippen LogP contribution < -0.4 is 0 Å². The summed E-state index contributed by atoms with van der Waals surface area (Å²) in [5.41, 5.74) is 0. The van der Waals surface area contributed by atoms with Crippen molar-refractivity contribution in [3.8, 4) is 0 Å². The Morgan fingerprint density at radius 2 is 0.316 bits per heavy atom. The summed E-state index contributed by atoms with van der Waals surface area (Å²) in [5.74, 6) is 0. The Balaban J connectivity index is -0.0000000240. The maximum atomic E-state index is 9.87. The van der Waals surface area contributed by atoms with Gasteiger partial charge in [0.25, 0.3) is 0 Å². The molecule has 0 N–H and O–H groups in total. The largest absolute Gasteiger partial charge is 2.00 e. The summed E-state index contributed by atoms with van der Waals surface area (Å²) in [5, 5.41) is 0. The topological polar surface area (TPSA) is 0 Å². The molecule has 0 aliphatic rings. The normalized spacial score (nSPS) is 17.1. The molecule has 0 unspecified atom stereocenters. The van der Waals surface area contributed by atoms with Crippen LogP contribution in [0.25, 0.3) is 0 Å². The molecular weight excluding hydrogens is 576 g/mol. The van der Waals surface area contributed by atoms with E-state index in [1.165, 1.54) is 0 Å². The second kappa shape index (κ2) is 6.45. The predicted molar refractivity (Wildman–Crippen MR) is 52.8 cm³/mol. The Kier molecular flexibility index (Phi) is 14.5. The van der Waals surface area contributed by atoms with Crippen molar-refractivity contribution in [2.24, 2.45) is 0 Å². The van der Waals surface area contributed by atoms with E-state index in [1.54, 1.807) is 0 Å². The van der Waals surface area contributed by atoms with Crippen molar-refractivity contribution in [2.75, 3.05) is 0 Å². The van der Waals surface area contributed by atoms with Gasteiger partial charge in [-0.15, -0.1) is 0 Å². The molecule has 0 aromatic rings. The fourth-order valence-electron chi connectivity index (χ4n) is 0. The molecule has 130 valence electrons. The molecule has 19 heavy (non-hydrogen) atoms. The molecule has 0 radical (unpaired) electrons. The van der Waals surface area contributed by atoms with Crippen LogP contribution in [0.2, 0.25) is 0 Å². The summed E-state index contributed by atoms with van der Waals surface area (Å²) >= 11 is 0. The second-order valence-corrected chi connectivity index (χ2v) is 5.75. The third-order valence-electron chi connectivity index (χ3n) is 0. The Morgan fingerprint density at radius 1 is 0.316 bits per heavy atom. The van der Waals surface area contributed by atoms with Crippen LogP contribution in [-0.4, -0.2) is 0 Å². The second-order valence-electron chi connectivity index (χ2n) is 1.92. The van der Waals surface area contributed by atoms with E-state index in [9.17, 15) is 50.4 Å². The van der Waals surface area contributed by atoms with Crippen molar-refractivity contribution >= 4 is 15.6 Å². The molecule has 0 rings (SSSR count). The zero-order valence-electron chi connectivity index (χ0n) is 9.93. The Labute approximate surface area is 127 Å². The zero-order valence-corrected chi connectivity index (χ0v) is 15.9. The van der Waals surface area contributed by atoms with Crippen LogP contribution in [0.1, 0.15) is 0 Å². The molecule has 0 bridgehead atoms. The van der Waals surface area contributed by atoms with Gasteiger partial charge in [-0.2, -0.15) is 0 Å². The average Bonchev–Trinajstić information content (AvgIpc) is 0.938. The number of hydrogen-bond donors (Lipinski definition) is 0. The molecule has 0 aromatic heterocycles. The first-order valence-electron chi connectivity index (χ1n) is 2.03. The first kappa shape index (κ1) is 42.7. The minimum absolute atomic E-state index is 0. The summed E-state index contributed by atoms with van der Waals surface area (Å²) in [6, 6.07) is 0. The third-order valence-corrected chi connectivity index (χ3v) is 0. The summed E-state index contributed by atoms with van der Waals surface area (Å²) in [7, 11) is -21.3. The third kappa shape index (κ3) is 4840. The molecule has 0 heterocycles. The van der Waals surface area contributed by atoms with Crippen molar-refractivity contribution in [1.82, 2.24) is 0 Å². The number of hydrogen-bond acceptors (Lipinski definition) is 0. The summed E-state index contributed by atoms with van der Waals surface area (Å²) < 4.78 is 118. The van der Waals surface area contributed by atoms with E-state index in [0.717, 1.165) is 0 Å². The van der Waals surface area contributed by atoms with Crippen molar-refractivity contribution < 1.29 is 81.5 Å². The molecule has 0 aromatic carbocycles. The van der Waals surface area contributed by atoms with Crippen LogP contribution in [0, 0.1) is 60.8 Å². The maximum absolute atomic E-state index is 10.7. The first-order valence-corrected chi connectivity index (χ1v) is 6.09. The summed E-state index contributed by atoms with van der Waals surface area (Å²) in [6.45, 7) is 0. The molecule has 0 aliphatic heterocycles. The molecule has 0 saturated heterocycles. The minimum Gasteiger partial charge on any atom is -0.358 e. The molecule has 0 amide bonds. The smallest absolute Gasteiger partial charge is 0.358 e. The van der Waals surface area contributed by atoms with Crippen LogP contribution >= 0.6 is 15.6 Å². The van der Waals surface area contributed by atoms with E-state index in [2.05, 4.69) is 0 Å². The molecule has 0 atom stereocenters. The zero-order chi connectivity index (χ0) is 12.8. The standard InChI is InChI=1S/4CH3.2F6P.U/c;;;;2*1-7(2,3,4,5)6;/h4*1H3;;;/q6*-1;+2. The van der Waals surface area contributed by atoms with Crippen molar-refractivity contribution in [2.45, 2.75) is 0 Å². The van der Waals surface area contributed by atoms with Crippen LogP contribution in [0.5, 0.6) is 0 Å². The van der Waals surface area contributed by atoms with Crippen molar-refractivity contribution in [3.05, 3.63) is 29.7 Å². The van der Waals surface area contributed by atoms with E-state index in [4.69, 9.17) is 0 Å². The van der Waals surface area contributed by atoms with Gasteiger partial charge in [0.1, 0.15) is 0 Å². The van der Waals surface area contributed by atoms with Crippen molar-refractivity contribution in [3.63, 3.8) is 0 Å². The van der Waals surface area contributed by atoms with Gasteiger partial charge in [0, 0.05) is 0 Å². The Morgan fingerprint density at radius 3 is 0.316 bits per heavy atom. The molecule has 0 aliphatic carbocycles. The van der Waals surface area contributed by atoms with Crippen LogP contribution in [0.4, 0.5) is 50.4 Å². The van der Waals surface area contributed by atoms with Crippen molar-refractivity contribution in [1.29, 1.82) is 0 Å². The molecule has 0 spiro atoms. The molecule has 15 heteroatoms. The molecule has 0 nitrogen and oxygen atoms in total. The monoisotopic (exact) mass is 588 g/mol. The minimum atomic E-state index is -10.7. The number of halogens is 12. The van der Waals surface area contributed by atoms with Gasteiger partial charge in [0.05, 0.1) is 0 Å². The van der Waals surface area contributed by atoms with E-state index < -0.39 is 15.6 Å². The van der Waals surface area contributed by atoms with E-state index in [0.29, 0.717) is 0 Å². The van der Waals surface area contributed by atoms with E-state index >= 15 is 0 Å². The van der Waals surface area contributed by atoms with Gasteiger partial charge in [-0.1, -0.05) is 0 Å². The van der Waals surface area contributed by atoms with Gasteiger partial charge in [-0.05, 0) is 0 Å². The van der Waals surface area contributed by atoms with Gasteiger partial charge in [0.2, 0.25) is 0 Å². The summed E-state index contributed by atoms with van der Waals surface area (Å²) in [6.07, 6.45) is 0. The Bertz CT molecular complexity index is 175. The molecular formula is C4H12F12P2U-4. The van der Waals surface area contributed by atoms with Crippen LogP contribution in [0.3, 0.4) is 0 Å². The predicted octanol–water partition coefficient (Wildman–Crippen LogP) is 8.57. The number of rotatable bonds is 0. The fraction of sp³-hybridized carbons (Fsp3) is 0. The maximum Gasteiger partial charge on any atom is 2.00 e. The van der Waals surface area contributed by atoms with Gasteiger partial charge >= 0.3 is 97.1 Å². The quantitative estimate of drug-likeness (QED) is 0.151. The first-order chi connectivity index (χ1) is 4.90. The van der Waals surface area contributed by atoms with Gasteiger partial charge in [-0.25, -0.2) is 0 Å².